The van der Waals surface area contributed by atoms with Crippen LogP contribution in [0.3, 0.4) is 0 Å². The van der Waals surface area contributed by atoms with Crippen LogP contribution in [0.2, 0.25) is 0 Å². The summed E-state index contributed by atoms with van der Waals surface area (Å²) in [5.41, 5.74) is 0. The molecule has 3 heterocycles. The molecule has 3 rings (SSSR count). The lowest BCUT2D eigenvalue weighted by molar-refractivity contribution is -0.133. The van der Waals surface area contributed by atoms with Crippen molar-refractivity contribution >= 4 is 15.9 Å². The first-order chi connectivity index (χ1) is 9.95. The van der Waals surface area contributed by atoms with Crippen molar-refractivity contribution in [3.05, 3.63) is 0 Å². The average Bonchev–Trinajstić information content (AvgIpc) is 3.07. The van der Waals surface area contributed by atoms with Crippen molar-refractivity contribution in [1.82, 2.24) is 9.21 Å². The zero-order valence-corrected chi connectivity index (χ0v) is 13.3. The predicted molar refractivity (Wildman–Crippen MR) is 78.1 cm³/mol. The number of carbonyl (C=O) groups is 1. The number of fused-ring (bicyclic) bond motifs is 1. The van der Waals surface area contributed by atoms with Crippen molar-refractivity contribution in [1.29, 1.82) is 0 Å². The van der Waals surface area contributed by atoms with Crippen LogP contribution in [0.4, 0.5) is 0 Å². The van der Waals surface area contributed by atoms with E-state index in [1.165, 1.54) is 6.26 Å². The van der Waals surface area contributed by atoms with Gasteiger partial charge < -0.3 is 9.64 Å². The Labute approximate surface area is 126 Å². The predicted octanol–water partition coefficient (Wildman–Crippen LogP) is 0.153. The van der Waals surface area contributed by atoms with Crippen LogP contribution >= 0.6 is 0 Å². The maximum atomic E-state index is 12.3. The van der Waals surface area contributed by atoms with Gasteiger partial charge in [0.25, 0.3) is 0 Å². The first-order valence-electron chi connectivity index (χ1n) is 7.76. The quantitative estimate of drug-likeness (QED) is 0.743. The minimum atomic E-state index is -3.15. The first kappa shape index (κ1) is 15.2. The molecule has 0 aliphatic carbocycles. The third-order valence-corrected chi connectivity index (χ3v) is 6.33. The molecule has 0 aromatic heterocycles. The van der Waals surface area contributed by atoms with E-state index < -0.39 is 10.0 Å². The Morgan fingerprint density at radius 3 is 2.57 bits per heavy atom. The fourth-order valence-electron chi connectivity index (χ4n) is 3.86. The standard InChI is InChI=1S/C14H24N2O4S/c1-21(18,19)16-7-12-10-20-9-11(13(12)8-16)6-14(17)15-4-2-3-5-15/h11-13H,2-10H2,1H3/t11-,12+,13-/m1/s1. The van der Waals surface area contributed by atoms with Gasteiger partial charge >= 0.3 is 0 Å². The van der Waals surface area contributed by atoms with Crippen molar-refractivity contribution in [3.8, 4) is 0 Å². The molecule has 6 nitrogen and oxygen atoms in total. The van der Waals surface area contributed by atoms with Crippen LogP contribution in [0, 0.1) is 17.8 Å². The maximum Gasteiger partial charge on any atom is 0.222 e. The van der Waals surface area contributed by atoms with Crippen molar-refractivity contribution in [2.75, 3.05) is 45.6 Å². The highest BCUT2D eigenvalue weighted by Gasteiger charge is 2.44. The van der Waals surface area contributed by atoms with Crippen molar-refractivity contribution < 1.29 is 17.9 Å². The van der Waals surface area contributed by atoms with Crippen LogP contribution < -0.4 is 0 Å². The van der Waals surface area contributed by atoms with E-state index in [9.17, 15) is 13.2 Å². The van der Waals surface area contributed by atoms with E-state index >= 15 is 0 Å². The zero-order chi connectivity index (χ0) is 15.0. The number of carbonyl (C=O) groups excluding carboxylic acids is 1. The molecule has 0 bridgehead atoms. The number of sulfonamides is 1. The van der Waals surface area contributed by atoms with Gasteiger partial charge in [-0.3, -0.25) is 4.79 Å². The Morgan fingerprint density at radius 1 is 1.19 bits per heavy atom. The van der Waals surface area contributed by atoms with Crippen molar-refractivity contribution in [2.45, 2.75) is 19.3 Å². The number of amides is 1. The molecule has 0 radical (unpaired) electrons. The summed E-state index contributed by atoms with van der Waals surface area (Å²) in [6, 6.07) is 0. The number of rotatable bonds is 3. The number of hydrogen-bond acceptors (Lipinski definition) is 4. The third kappa shape index (κ3) is 3.24. The molecule has 120 valence electrons. The minimum absolute atomic E-state index is 0.156. The summed E-state index contributed by atoms with van der Waals surface area (Å²) in [6.45, 7) is 4.03. The molecular weight excluding hydrogens is 292 g/mol. The summed E-state index contributed by atoms with van der Waals surface area (Å²) in [5, 5.41) is 0. The summed E-state index contributed by atoms with van der Waals surface area (Å²) >= 11 is 0. The summed E-state index contributed by atoms with van der Waals surface area (Å²) < 4.78 is 30.6. The largest absolute Gasteiger partial charge is 0.381 e. The van der Waals surface area contributed by atoms with Gasteiger partial charge in [0.2, 0.25) is 15.9 Å². The molecule has 3 fully saturated rings. The van der Waals surface area contributed by atoms with Crippen molar-refractivity contribution in [3.63, 3.8) is 0 Å². The molecule has 3 atom stereocenters. The number of nitrogens with zero attached hydrogens (tertiary/aromatic N) is 2. The van der Waals surface area contributed by atoms with Gasteiger partial charge in [-0.25, -0.2) is 12.7 Å². The molecule has 0 unspecified atom stereocenters. The van der Waals surface area contributed by atoms with Gasteiger partial charge in [-0.2, -0.15) is 0 Å². The third-order valence-electron chi connectivity index (χ3n) is 5.09. The van der Waals surface area contributed by atoms with Gasteiger partial charge in [-0.1, -0.05) is 0 Å². The minimum Gasteiger partial charge on any atom is -0.381 e. The van der Waals surface area contributed by atoms with E-state index in [1.807, 2.05) is 4.90 Å². The van der Waals surface area contributed by atoms with Gasteiger partial charge in [0.1, 0.15) is 0 Å². The molecule has 0 spiro atoms. The monoisotopic (exact) mass is 316 g/mol. The van der Waals surface area contributed by atoms with Gasteiger partial charge in [-0.05, 0) is 24.7 Å². The topological polar surface area (TPSA) is 66.9 Å². The number of ether oxygens (including phenoxy) is 1. The van der Waals surface area contributed by atoms with Gasteiger partial charge in [-0.15, -0.1) is 0 Å². The Morgan fingerprint density at radius 2 is 1.90 bits per heavy atom. The van der Waals surface area contributed by atoms with Gasteiger partial charge in [0.15, 0.2) is 0 Å². The zero-order valence-electron chi connectivity index (χ0n) is 12.5. The summed E-state index contributed by atoms with van der Waals surface area (Å²) in [7, 11) is -3.15. The highest BCUT2D eigenvalue weighted by atomic mass is 32.2. The highest BCUT2D eigenvalue weighted by Crippen LogP contribution is 2.37. The Bertz CT molecular complexity index is 501. The van der Waals surface area contributed by atoms with Crippen molar-refractivity contribution in [2.24, 2.45) is 17.8 Å². The van der Waals surface area contributed by atoms with Gasteiger partial charge in [0, 0.05) is 38.5 Å². The molecule has 0 N–H and O–H groups in total. The normalized spacial score (nSPS) is 34.1. The van der Waals surface area contributed by atoms with Crippen LogP contribution in [-0.2, 0) is 19.6 Å². The Kier molecular flexibility index (Phi) is 4.25. The number of likely N-dealkylation sites (tertiary alicyclic amines) is 1. The lowest BCUT2D eigenvalue weighted by Gasteiger charge is -2.33. The fraction of sp³-hybridized carbons (Fsp3) is 0.929. The maximum absolute atomic E-state index is 12.3. The van der Waals surface area contributed by atoms with E-state index in [0.717, 1.165) is 25.9 Å². The molecule has 1 amide bonds. The fourth-order valence-corrected chi connectivity index (χ4v) is 4.77. The van der Waals surface area contributed by atoms with E-state index in [4.69, 9.17) is 4.74 Å². The molecule has 0 aromatic carbocycles. The Balaban J connectivity index is 1.64. The molecule has 3 aliphatic rings. The van der Waals surface area contributed by atoms with Crippen LogP contribution in [-0.4, -0.2) is 69.2 Å². The Hall–Kier alpha value is -0.660. The second-order valence-corrected chi connectivity index (χ2v) is 8.58. The van der Waals surface area contributed by atoms with E-state index in [-0.39, 0.29) is 23.7 Å². The van der Waals surface area contributed by atoms with E-state index in [0.29, 0.717) is 32.7 Å². The van der Waals surface area contributed by atoms with Crippen LogP contribution in [0.5, 0.6) is 0 Å². The highest BCUT2D eigenvalue weighted by molar-refractivity contribution is 7.88. The molecule has 3 aliphatic heterocycles. The lowest BCUT2D eigenvalue weighted by atomic mass is 9.81. The summed E-state index contributed by atoms with van der Waals surface area (Å²) in [4.78, 5) is 14.3. The second-order valence-electron chi connectivity index (χ2n) is 6.59. The van der Waals surface area contributed by atoms with Gasteiger partial charge in [0.05, 0.1) is 19.5 Å². The molecule has 0 saturated carbocycles. The molecule has 0 aromatic rings. The van der Waals surface area contributed by atoms with Crippen LogP contribution in [0.25, 0.3) is 0 Å². The molecule has 7 heteroatoms. The van der Waals surface area contributed by atoms with Crippen LogP contribution in [0.1, 0.15) is 19.3 Å². The summed E-state index contributed by atoms with van der Waals surface area (Å²) in [5.74, 6) is 0.869. The summed E-state index contributed by atoms with van der Waals surface area (Å²) in [6.07, 6.45) is 3.95. The smallest absolute Gasteiger partial charge is 0.222 e. The number of hydrogen-bond donors (Lipinski definition) is 0. The SMILES string of the molecule is CS(=O)(=O)N1C[C@H]2COC[C@@H](CC(=O)N3CCCC3)[C@H]2C1. The van der Waals surface area contributed by atoms with E-state index in [1.54, 1.807) is 4.31 Å². The second kappa shape index (κ2) is 5.85. The average molecular weight is 316 g/mol. The van der Waals surface area contributed by atoms with Crippen LogP contribution in [0.15, 0.2) is 0 Å². The molecule has 3 saturated heterocycles. The van der Waals surface area contributed by atoms with E-state index in [2.05, 4.69) is 0 Å². The first-order valence-corrected chi connectivity index (χ1v) is 9.60. The lowest BCUT2D eigenvalue weighted by Crippen LogP contribution is -2.39. The molecular formula is C14H24N2O4S. The molecule has 21 heavy (non-hydrogen) atoms.